The molecule has 1 aromatic heterocycles. The second-order valence-electron chi connectivity index (χ2n) is 14.9. The molecule has 3 amide bonds. The number of morpholine rings is 1. The summed E-state index contributed by atoms with van der Waals surface area (Å²) in [5.41, 5.74) is 7.19. The number of fused-ring (bicyclic) bond motifs is 3. The molecule has 11 heteroatoms. The van der Waals surface area contributed by atoms with Gasteiger partial charge in [-0.1, -0.05) is 66.7 Å². The lowest BCUT2D eigenvalue weighted by molar-refractivity contribution is 0.0192. The Hall–Kier alpha value is -6.43. The molecule has 0 aliphatic carbocycles. The van der Waals surface area contributed by atoms with Crippen molar-refractivity contribution in [2.24, 2.45) is 0 Å². The maximum Gasteiger partial charge on any atom is 0.434 e. The number of hydrogen-bond donors (Lipinski definition) is 1. The Morgan fingerprint density at radius 3 is 2.26 bits per heavy atom. The molecule has 1 atom stereocenters. The third-order valence-corrected chi connectivity index (χ3v) is 11.3. The Morgan fingerprint density at radius 2 is 1.46 bits per heavy atom. The van der Waals surface area contributed by atoms with Gasteiger partial charge in [-0.15, -0.1) is 0 Å². The van der Waals surface area contributed by atoms with Gasteiger partial charge in [-0.3, -0.25) is 19.4 Å². The number of aromatic hydroxyl groups is 1. The first-order valence-corrected chi connectivity index (χ1v) is 19.4. The number of anilines is 2. The zero-order chi connectivity index (χ0) is 38.9. The fourth-order valence-electron chi connectivity index (χ4n) is 8.30. The molecule has 3 aliphatic heterocycles. The SMILES string of the molecule is O=C(On1cc(C(=O)N(c2ccccc2)c2ccc(O)cc2)c2ccccc21)N1CCc2ccc(C(=O)N3Cc4ccccc4C[C@H]3CN3CCOCC3)cc2C1. The van der Waals surface area contributed by atoms with Gasteiger partial charge in [-0.2, -0.15) is 4.73 Å². The number of nitrogens with zero attached hydrogens (tertiary/aromatic N) is 5. The van der Waals surface area contributed by atoms with Gasteiger partial charge in [0, 0.05) is 67.6 Å². The Balaban J connectivity index is 0.950. The summed E-state index contributed by atoms with van der Waals surface area (Å²) >= 11 is 0. The van der Waals surface area contributed by atoms with Crippen molar-refractivity contribution in [3.8, 4) is 5.75 Å². The van der Waals surface area contributed by atoms with Crippen molar-refractivity contribution >= 4 is 40.2 Å². The number of amides is 3. The average molecular weight is 762 g/mol. The maximum absolute atomic E-state index is 14.4. The minimum atomic E-state index is -0.561. The predicted molar refractivity (Wildman–Crippen MR) is 217 cm³/mol. The number of phenolic OH excluding ortho intramolecular Hbond substituents is 1. The summed E-state index contributed by atoms with van der Waals surface area (Å²) in [7, 11) is 0. The number of hydrogen-bond acceptors (Lipinski definition) is 7. The van der Waals surface area contributed by atoms with Crippen LogP contribution in [0.4, 0.5) is 16.2 Å². The van der Waals surface area contributed by atoms with E-state index in [-0.39, 0.29) is 30.2 Å². The van der Waals surface area contributed by atoms with Crippen LogP contribution in [0, 0.1) is 0 Å². The lowest BCUT2D eigenvalue weighted by atomic mass is 9.92. The summed E-state index contributed by atoms with van der Waals surface area (Å²) in [6.45, 7) is 5.17. The molecule has 1 saturated heterocycles. The van der Waals surface area contributed by atoms with Gasteiger partial charge in [-0.05, 0) is 89.7 Å². The zero-order valence-electron chi connectivity index (χ0n) is 31.5. The third-order valence-electron chi connectivity index (χ3n) is 11.3. The first-order valence-electron chi connectivity index (χ1n) is 19.4. The average Bonchev–Trinajstić information content (AvgIpc) is 3.62. The molecule has 3 aliphatic rings. The highest BCUT2D eigenvalue weighted by atomic mass is 16.7. The van der Waals surface area contributed by atoms with Crippen LogP contribution in [0.3, 0.4) is 0 Å². The summed E-state index contributed by atoms with van der Waals surface area (Å²) in [6.07, 6.45) is 2.41. The van der Waals surface area contributed by atoms with E-state index in [0.29, 0.717) is 66.1 Å². The van der Waals surface area contributed by atoms with Gasteiger partial charge in [-0.25, -0.2) is 4.79 Å². The van der Waals surface area contributed by atoms with Crippen LogP contribution in [0.2, 0.25) is 0 Å². The first-order chi connectivity index (χ1) is 27.9. The van der Waals surface area contributed by atoms with E-state index in [1.54, 1.807) is 28.1 Å². The number of rotatable bonds is 7. The largest absolute Gasteiger partial charge is 0.508 e. The molecule has 57 heavy (non-hydrogen) atoms. The lowest BCUT2D eigenvalue weighted by Gasteiger charge is -2.40. The van der Waals surface area contributed by atoms with Crippen LogP contribution < -0.4 is 9.74 Å². The van der Waals surface area contributed by atoms with Crippen LogP contribution in [0.25, 0.3) is 10.9 Å². The van der Waals surface area contributed by atoms with Gasteiger partial charge in [0.2, 0.25) is 0 Å². The number of carbonyl (C=O) groups is 3. The lowest BCUT2D eigenvalue weighted by Crippen LogP contribution is -2.52. The van der Waals surface area contributed by atoms with E-state index in [9.17, 15) is 19.5 Å². The molecule has 5 aromatic carbocycles. The Morgan fingerprint density at radius 1 is 0.737 bits per heavy atom. The highest BCUT2D eigenvalue weighted by Gasteiger charge is 2.33. The van der Waals surface area contributed by atoms with Gasteiger partial charge < -0.3 is 24.5 Å². The van der Waals surface area contributed by atoms with E-state index in [1.807, 2.05) is 83.8 Å². The molecule has 288 valence electrons. The van der Waals surface area contributed by atoms with E-state index in [1.165, 1.54) is 28.0 Å². The maximum atomic E-state index is 14.4. The molecule has 1 N–H and O–H groups in total. The topological polar surface area (TPSA) is 108 Å². The van der Waals surface area contributed by atoms with Crippen LogP contribution in [0.15, 0.2) is 128 Å². The standard InChI is InChI=1S/C46H43N5O6/c52-40-18-16-38(17-19-40)51(37-10-2-1-3-11-37)45(54)42-31-50(43-13-7-6-12-41(42)43)57-46(55)48-21-20-32-14-15-34(26-36(32)28-48)44(53)49-29-35-9-5-4-8-33(35)27-39(49)30-47-22-24-56-25-23-47/h1-19,26,31,39,52H,20-25,27-30H2/t39-/m0/s1. The minimum absolute atomic E-state index is 0.0156. The second kappa shape index (κ2) is 15.6. The minimum Gasteiger partial charge on any atom is -0.508 e. The molecular formula is C46H43N5O6. The van der Waals surface area contributed by atoms with E-state index < -0.39 is 6.09 Å². The predicted octanol–water partition coefficient (Wildman–Crippen LogP) is 6.83. The van der Waals surface area contributed by atoms with Crippen molar-refractivity contribution in [1.29, 1.82) is 0 Å². The van der Waals surface area contributed by atoms with Crippen LogP contribution in [-0.2, 0) is 30.7 Å². The molecule has 6 aromatic rings. The number of phenols is 1. The Kier molecular flexibility index (Phi) is 9.92. The molecule has 0 bridgehead atoms. The summed E-state index contributed by atoms with van der Waals surface area (Å²) in [5.74, 6) is -0.253. The van der Waals surface area contributed by atoms with Gasteiger partial charge in [0.15, 0.2) is 0 Å². The summed E-state index contributed by atoms with van der Waals surface area (Å²) in [6, 6.07) is 37.3. The van der Waals surface area contributed by atoms with Crippen LogP contribution in [-0.4, -0.2) is 87.9 Å². The fraction of sp³-hybridized carbons (Fsp3) is 0.239. The molecule has 9 rings (SSSR count). The number of aromatic nitrogens is 1. The Bertz CT molecular complexity index is 2440. The van der Waals surface area contributed by atoms with Crippen molar-refractivity contribution in [3.63, 3.8) is 0 Å². The Labute approximate surface area is 330 Å². The number of benzene rings is 5. The molecule has 0 radical (unpaired) electrons. The molecular weight excluding hydrogens is 719 g/mol. The van der Waals surface area contributed by atoms with Crippen molar-refractivity contribution < 1.29 is 29.1 Å². The molecule has 0 spiro atoms. The fourth-order valence-corrected chi connectivity index (χ4v) is 8.30. The van der Waals surface area contributed by atoms with E-state index >= 15 is 0 Å². The molecule has 0 unspecified atom stereocenters. The molecule has 11 nitrogen and oxygen atoms in total. The first kappa shape index (κ1) is 36.2. The number of carbonyl (C=O) groups excluding carboxylic acids is 3. The summed E-state index contributed by atoms with van der Waals surface area (Å²) < 4.78 is 6.95. The number of ether oxygens (including phenoxy) is 1. The van der Waals surface area contributed by atoms with Gasteiger partial charge in [0.1, 0.15) is 5.75 Å². The highest BCUT2D eigenvalue weighted by molar-refractivity contribution is 6.17. The molecule has 0 saturated carbocycles. The van der Waals surface area contributed by atoms with Crippen LogP contribution in [0.1, 0.15) is 43.0 Å². The highest BCUT2D eigenvalue weighted by Crippen LogP contribution is 2.32. The monoisotopic (exact) mass is 761 g/mol. The van der Waals surface area contributed by atoms with Crippen molar-refractivity contribution in [2.45, 2.75) is 32.0 Å². The van der Waals surface area contributed by atoms with E-state index in [0.717, 1.165) is 37.2 Å². The quantitative estimate of drug-likeness (QED) is 0.190. The zero-order valence-corrected chi connectivity index (χ0v) is 31.5. The molecule has 1 fully saturated rings. The number of para-hydroxylation sites is 2. The van der Waals surface area contributed by atoms with Gasteiger partial charge >= 0.3 is 6.09 Å². The van der Waals surface area contributed by atoms with Crippen LogP contribution >= 0.6 is 0 Å². The van der Waals surface area contributed by atoms with E-state index in [4.69, 9.17) is 9.57 Å². The second-order valence-corrected chi connectivity index (χ2v) is 14.9. The van der Waals surface area contributed by atoms with Gasteiger partial charge in [0.05, 0.1) is 30.5 Å². The van der Waals surface area contributed by atoms with Gasteiger partial charge in [0.25, 0.3) is 11.8 Å². The summed E-state index contributed by atoms with van der Waals surface area (Å²) in [5, 5.41) is 10.6. The molecule has 4 heterocycles. The third kappa shape index (κ3) is 7.35. The smallest absolute Gasteiger partial charge is 0.434 e. The van der Waals surface area contributed by atoms with Crippen LogP contribution in [0.5, 0.6) is 5.75 Å². The van der Waals surface area contributed by atoms with Crippen molar-refractivity contribution in [3.05, 3.63) is 161 Å². The van der Waals surface area contributed by atoms with Crippen molar-refractivity contribution in [1.82, 2.24) is 19.4 Å². The summed E-state index contributed by atoms with van der Waals surface area (Å²) in [4.78, 5) is 56.3. The van der Waals surface area contributed by atoms with Crippen molar-refractivity contribution in [2.75, 3.05) is 44.3 Å². The normalized spacial score (nSPS) is 16.8. The van der Waals surface area contributed by atoms with E-state index in [2.05, 4.69) is 23.1 Å².